The number of ether oxygens (including phenoxy) is 1. The SMILES string of the molecule is CSc1ccccc1C1=CC2CCCC(C1)N2C(=O)OC(C)(C)C. The number of rotatable bonds is 2. The molecule has 2 atom stereocenters. The molecule has 1 aromatic rings. The summed E-state index contributed by atoms with van der Waals surface area (Å²) in [6.07, 6.45) is 8.46. The van der Waals surface area contributed by atoms with Crippen LogP contribution >= 0.6 is 11.8 Å². The van der Waals surface area contributed by atoms with Gasteiger partial charge in [0.25, 0.3) is 0 Å². The first-order chi connectivity index (χ1) is 11.4. The molecule has 2 aliphatic heterocycles. The summed E-state index contributed by atoms with van der Waals surface area (Å²) in [5.41, 5.74) is 2.26. The lowest BCUT2D eigenvalue weighted by atomic mass is 9.83. The molecule has 130 valence electrons. The van der Waals surface area contributed by atoms with Crippen molar-refractivity contribution >= 4 is 23.4 Å². The first-order valence-electron chi connectivity index (χ1n) is 8.74. The Bertz CT molecular complexity index is 647. The van der Waals surface area contributed by atoms with Crippen LogP contribution < -0.4 is 0 Å². The maximum Gasteiger partial charge on any atom is 0.411 e. The first kappa shape index (κ1) is 17.4. The second kappa shape index (κ2) is 6.83. The van der Waals surface area contributed by atoms with Crippen LogP contribution in [0.4, 0.5) is 4.79 Å². The zero-order valence-electron chi connectivity index (χ0n) is 15.0. The molecule has 4 heteroatoms. The molecular weight excluding hydrogens is 318 g/mol. The second-order valence-corrected chi connectivity index (χ2v) is 8.48. The van der Waals surface area contributed by atoms with Crippen LogP contribution in [-0.2, 0) is 4.74 Å². The van der Waals surface area contributed by atoms with Crippen LogP contribution in [0.15, 0.2) is 35.2 Å². The normalized spacial score (nSPS) is 23.7. The van der Waals surface area contributed by atoms with E-state index in [4.69, 9.17) is 4.74 Å². The number of nitrogens with zero attached hydrogens (tertiary/aromatic N) is 1. The highest BCUT2D eigenvalue weighted by Crippen LogP contribution is 2.40. The van der Waals surface area contributed by atoms with Gasteiger partial charge in [-0.3, -0.25) is 4.90 Å². The van der Waals surface area contributed by atoms with Crippen molar-refractivity contribution in [2.75, 3.05) is 6.26 Å². The molecule has 2 unspecified atom stereocenters. The molecule has 24 heavy (non-hydrogen) atoms. The molecule has 1 saturated heterocycles. The first-order valence-corrected chi connectivity index (χ1v) is 9.97. The third kappa shape index (κ3) is 3.64. The van der Waals surface area contributed by atoms with Gasteiger partial charge in [-0.2, -0.15) is 0 Å². The van der Waals surface area contributed by atoms with Crippen molar-refractivity contribution in [2.24, 2.45) is 0 Å². The number of thioether (sulfide) groups is 1. The van der Waals surface area contributed by atoms with Gasteiger partial charge in [-0.25, -0.2) is 4.79 Å². The average molecular weight is 346 g/mol. The Morgan fingerprint density at radius 1 is 1.25 bits per heavy atom. The lowest BCUT2D eigenvalue weighted by molar-refractivity contribution is 0.0000755. The van der Waals surface area contributed by atoms with Crippen LogP contribution in [-0.4, -0.2) is 34.9 Å². The third-order valence-electron chi connectivity index (χ3n) is 4.69. The predicted octanol–water partition coefficient (Wildman–Crippen LogP) is 5.35. The fourth-order valence-corrected chi connectivity index (χ4v) is 4.37. The zero-order chi connectivity index (χ0) is 17.3. The molecule has 1 fully saturated rings. The minimum atomic E-state index is -0.444. The Morgan fingerprint density at radius 2 is 2.00 bits per heavy atom. The summed E-state index contributed by atoms with van der Waals surface area (Å²) in [5, 5.41) is 0. The Kier molecular flexibility index (Phi) is 4.95. The minimum Gasteiger partial charge on any atom is -0.444 e. The van der Waals surface area contributed by atoms with E-state index in [0.717, 1.165) is 19.3 Å². The van der Waals surface area contributed by atoms with E-state index in [0.29, 0.717) is 0 Å². The molecule has 0 spiro atoms. The number of hydrogen-bond donors (Lipinski definition) is 0. The lowest BCUT2D eigenvalue weighted by Crippen LogP contribution is -2.53. The summed E-state index contributed by atoms with van der Waals surface area (Å²) in [4.78, 5) is 16.0. The summed E-state index contributed by atoms with van der Waals surface area (Å²) in [5.74, 6) is 0. The topological polar surface area (TPSA) is 29.5 Å². The fraction of sp³-hybridized carbons (Fsp3) is 0.550. The van der Waals surface area contributed by atoms with Crippen molar-refractivity contribution in [1.29, 1.82) is 0 Å². The van der Waals surface area contributed by atoms with E-state index < -0.39 is 5.60 Å². The van der Waals surface area contributed by atoms with Gasteiger partial charge in [0, 0.05) is 10.9 Å². The molecule has 0 N–H and O–H groups in total. The van der Waals surface area contributed by atoms with E-state index in [-0.39, 0.29) is 18.2 Å². The number of carbonyl (C=O) groups excluding carboxylic acids is 1. The van der Waals surface area contributed by atoms with E-state index in [9.17, 15) is 4.79 Å². The summed E-state index contributed by atoms with van der Waals surface area (Å²) < 4.78 is 5.65. The van der Waals surface area contributed by atoms with E-state index >= 15 is 0 Å². The van der Waals surface area contributed by atoms with E-state index in [1.54, 1.807) is 11.8 Å². The van der Waals surface area contributed by atoms with E-state index in [1.165, 1.54) is 22.5 Å². The summed E-state index contributed by atoms with van der Waals surface area (Å²) in [7, 11) is 0. The van der Waals surface area contributed by atoms with Crippen molar-refractivity contribution in [3.8, 4) is 0 Å². The number of carbonyl (C=O) groups is 1. The Morgan fingerprint density at radius 3 is 2.67 bits per heavy atom. The van der Waals surface area contributed by atoms with Crippen LogP contribution in [0, 0.1) is 0 Å². The van der Waals surface area contributed by atoms with Crippen LogP contribution in [0.1, 0.15) is 52.0 Å². The highest BCUT2D eigenvalue weighted by Gasteiger charge is 2.39. The summed E-state index contributed by atoms with van der Waals surface area (Å²) in [6.45, 7) is 5.79. The molecule has 3 nitrogen and oxygen atoms in total. The fourth-order valence-electron chi connectivity index (χ4n) is 3.74. The van der Waals surface area contributed by atoms with E-state index in [2.05, 4.69) is 36.6 Å². The Labute approximate surface area is 149 Å². The van der Waals surface area contributed by atoms with Gasteiger partial charge in [-0.15, -0.1) is 11.8 Å². The maximum atomic E-state index is 12.7. The maximum absolute atomic E-state index is 12.7. The molecule has 0 radical (unpaired) electrons. The van der Waals surface area contributed by atoms with Crippen LogP contribution in [0.3, 0.4) is 0 Å². The van der Waals surface area contributed by atoms with Gasteiger partial charge < -0.3 is 4.74 Å². The average Bonchev–Trinajstić information content (AvgIpc) is 2.52. The predicted molar refractivity (Wildman–Crippen MR) is 100 cm³/mol. The number of hydrogen-bond acceptors (Lipinski definition) is 3. The van der Waals surface area contributed by atoms with Gasteiger partial charge in [-0.05, 0) is 69.9 Å². The zero-order valence-corrected chi connectivity index (χ0v) is 15.9. The monoisotopic (exact) mass is 345 g/mol. The lowest BCUT2D eigenvalue weighted by Gasteiger charge is -2.45. The third-order valence-corrected chi connectivity index (χ3v) is 5.49. The molecule has 0 aromatic heterocycles. The van der Waals surface area contributed by atoms with Gasteiger partial charge in [-0.1, -0.05) is 24.3 Å². The highest BCUT2D eigenvalue weighted by atomic mass is 32.2. The molecule has 2 heterocycles. The second-order valence-electron chi connectivity index (χ2n) is 7.64. The van der Waals surface area contributed by atoms with Crippen molar-refractivity contribution in [3.63, 3.8) is 0 Å². The summed E-state index contributed by atoms with van der Waals surface area (Å²) >= 11 is 1.79. The Hall–Kier alpha value is -1.42. The van der Waals surface area contributed by atoms with Crippen molar-refractivity contribution in [2.45, 2.75) is 69.0 Å². The summed E-state index contributed by atoms with van der Waals surface area (Å²) in [6, 6.07) is 9.00. The molecule has 0 saturated carbocycles. The van der Waals surface area contributed by atoms with Crippen LogP contribution in [0.25, 0.3) is 5.57 Å². The van der Waals surface area contributed by atoms with E-state index in [1.807, 2.05) is 25.7 Å². The molecule has 2 bridgehead atoms. The highest BCUT2D eigenvalue weighted by molar-refractivity contribution is 7.98. The number of benzene rings is 1. The van der Waals surface area contributed by atoms with Gasteiger partial charge in [0.05, 0.1) is 6.04 Å². The van der Waals surface area contributed by atoms with Gasteiger partial charge in [0.2, 0.25) is 0 Å². The van der Waals surface area contributed by atoms with Crippen molar-refractivity contribution in [3.05, 3.63) is 35.9 Å². The van der Waals surface area contributed by atoms with Crippen LogP contribution in [0.5, 0.6) is 0 Å². The molecular formula is C20H27NO2S. The van der Waals surface area contributed by atoms with Crippen LogP contribution in [0.2, 0.25) is 0 Å². The van der Waals surface area contributed by atoms with Gasteiger partial charge in [0.15, 0.2) is 0 Å². The molecule has 0 aliphatic carbocycles. The smallest absolute Gasteiger partial charge is 0.411 e. The number of piperidine rings is 1. The Balaban J connectivity index is 1.89. The van der Waals surface area contributed by atoms with Crippen molar-refractivity contribution < 1.29 is 9.53 Å². The largest absolute Gasteiger partial charge is 0.444 e. The standard InChI is InChI=1S/C20H27NO2S/c1-20(2,3)23-19(22)21-15-8-7-9-16(21)13-14(12-15)17-10-5-6-11-18(17)24-4/h5-6,10-12,15-16H,7-9,13H2,1-4H3. The molecule has 1 amide bonds. The van der Waals surface area contributed by atoms with Gasteiger partial charge in [0.1, 0.15) is 5.60 Å². The molecule has 2 aliphatic rings. The van der Waals surface area contributed by atoms with Gasteiger partial charge >= 0.3 is 6.09 Å². The number of amides is 1. The quantitative estimate of drug-likeness (QED) is 0.676. The van der Waals surface area contributed by atoms with Crippen molar-refractivity contribution in [1.82, 2.24) is 4.90 Å². The minimum absolute atomic E-state index is 0.161. The number of fused-ring (bicyclic) bond motifs is 2. The molecule has 1 aromatic carbocycles. The molecule has 3 rings (SSSR count).